The van der Waals surface area contributed by atoms with Crippen molar-refractivity contribution < 1.29 is 14.3 Å². The fourth-order valence-corrected chi connectivity index (χ4v) is 4.88. The number of anilines is 1. The van der Waals surface area contributed by atoms with Crippen molar-refractivity contribution in [3.05, 3.63) is 54.2 Å². The predicted molar refractivity (Wildman–Crippen MR) is 108 cm³/mol. The summed E-state index contributed by atoms with van der Waals surface area (Å²) in [6, 6.07) is 7.27. The minimum absolute atomic E-state index is 0.0230. The van der Waals surface area contributed by atoms with Crippen LogP contribution in [0.3, 0.4) is 0 Å². The van der Waals surface area contributed by atoms with Crippen molar-refractivity contribution in [3.63, 3.8) is 0 Å². The van der Waals surface area contributed by atoms with Crippen molar-refractivity contribution in [2.75, 3.05) is 19.0 Å². The van der Waals surface area contributed by atoms with E-state index >= 15 is 0 Å². The zero-order chi connectivity index (χ0) is 20.5. The second-order valence-electron chi connectivity index (χ2n) is 8.40. The number of amides is 1. The summed E-state index contributed by atoms with van der Waals surface area (Å²) < 4.78 is 14.8. The van der Waals surface area contributed by atoms with Crippen LogP contribution in [0.1, 0.15) is 35.9 Å². The minimum Gasteiger partial charge on any atom is -0.478 e. The van der Waals surface area contributed by atoms with Crippen LogP contribution in [-0.2, 0) is 10.2 Å². The van der Waals surface area contributed by atoms with Crippen molar-refractivity contribution in [3.8, 4) is 5.88 Å². The highest BCUT2D eigenvalue weighted by Crippen LogP contribution is 2.58. The maximum atomic E-state index is 12.9. The SMILES string of the molecule is COc1nc(NC(=O)c2cccc3ccnn23)cn2cc(C34COC(C)(C3)C4)nc12. The Bertz CT molecular complexity index is 1320. The van der Waals surface area contributed by atoms with Crippen molar-refractivity contribution in [1.82, 2.24) is 24.0 Å². The molecule has 3 aliphatic rings. The zero-order valence-corrected chi connectivity index (χ0v) is 16.6. The van der Waals surface area contributed by atoms with Crippen LogP contribution in [-0.4, -0.2) is 49.2 Å². The fraction of sp³-hybridized carbons (Fsp3) is 0.333. The number of methoxy groups -OCH3 is 1. The van der Waals surface area contributed by atoms with Crippen molar-refractivity contribution in [2.45, 2.75) is 30.8 Å². The number of pyridine rings is 1. The number of nitrogens with one attached hydrogen (secondary N) is 1. The Hall–Kier alpha value is -3.46. The topological polar surface area (TPSA) is 95.0 Å². The van der Waals surface area contributed by atoms with E-state index in [2.05, 4.69) is 22.3 Å². The molecule has 0 atom stereocenters. The lowest BCUT2D eigenvalue weighted by atomic mass is 9.62. The largest absolute Gasteiger partial charge is 0.478 e. The van der Waals surface area contributed by atoms with Crippen molar-refractivity contribution in [1.29, 1.82) is 0 Å². The molecule has 6 heterocycles. The summed E-state index contributed by atoms with van der Waals surface area (Å²) in [6.45, 7) is 2.82. The number of hydrogen-bond donors (Lipinski definition) is 1. The van der Waals surface area contributed by atoms with Crippen LogP contribution >= 0.6 is 0 Å². The molecule has 4 aromatic heterocycles. The lowest BCUT2D eigenvalue weighted by molar-refractivity contribution is 0.0154. The molecule has 0 unspecified atom stereocenters. The third-order valence-corrected chi connectivity index (χ3v) is 6.16. The Kier molecular flexibility index (Phi) is 3.36. The summed E-state index contributed by atoms with van der Waals surface area (Å²) in [5.74, 6) is 0.418. The molecule has 1 amide bonds. The van der Waals surface area contributed by atoms with Crippen LogP contribution in [0.15, 0.2) is 42.9 Å². The molecule has 1 aliphatic carbocycles. The molecule has 3 fully saturated rings. The Morgan fingerprint density at radius 1 is 1.23 bits per heavy atom. The Balaban J connectivity index is 1.36. The number of carbonyl (C=O) groups is 1. The smallest absolute Gasteiger partial charge is 0.275 e. The van der Waals surface area contributed by atoms with Crippen molar-refractivity contribution >= 4 is 22.9 Å². The van der Waals surface area contributed by atoms with Crippen LogP contribution < -0.4 is 10.1 Å². The average Bonchev–Trinajstić information content (AvgIpc) is 3.47. The minimum atomic E-state index is -0.309. The number of fused-ring (bicyclic) bond motifs is 3. The summed E-state index contributed by atoms with van der Waals surface area (Å²) in [7, 11) is 1.55. The molecular weight excluding hydrogens is 384 g/mol. The molecule has 0 aromatic carbocycles. The lowest BCUT2D eigenvalue weighted by Crippen LogP contribution is -2.45. The summed E-state index contributed by atoms with van der Waals surface area (Å²) in [6.07, 6.45) is 7.33. The molecule has 1 saturated carbocycles. The standard InChI is InChI=1S/C21H20N6O3/c1-20-10-21(11-20,12-30-20)15-8-26-9-16(25-19(29-2)17(26)23-15)24-18(28)14-5-3-4-13-6-7-22-27(13)14/h3-9H,10-12H2,1-2H3,(H,24,28). The van der Waals surface area contributed by atoms with E-state index in [4.69, 9.17) is 14.5 Å². The fourth-order valence-electron chi connectivity index (χ4n) is 4.88. The molecule has 2 saturated heterocycles. The monoisotopic (exact) mass is 404 g/mol. The van der Waals surface area contributed by atoms with E-state index in [0.717, 1.165) is 24.1 Å². The lowest BCUT2D eigenvalue weighted by Gasteiger charge is -2.41. The quantitative estimate of drug-likeness (QED) is 0.561. The van der Waals surface area contributed by atoms with E-state index in [1.165, 1.54) is 0 Å². The number of aromatic nitrogens is 5. The van der Waals surface area contributed by atoms with Crippen LogP contribution in [0.4, 0.5) is 5.82 Å². The number of ether oxygens (including phenoxy) is 2. The first kappa shape index (κ1) is 17.4. The van der Waals surface area contributed by atoms with Crippen LogP contribution in [0.5, 0.6) is 5.88 Å². The summed E-state index contributed by atoms with van der Waals surface area (Å²) in [4.78, 5) is 22.1. The van der Waals surface area contributed by atoms with Gasteiger partial charge in [0, 0.05) is 11.6 Å². The molecule has 152 valence electrons. The molecule has 9 nitrogen and oxygen atoms in total. The summed E-state index contributed by atoms with van der Waals surface area (Å²) in [5, 5.41) is 7.06. The van der Waals surface area contributed by atoms with Crippen LogP contribution in [0.2, 0.25) is 0 Å². The maximum absolute atomic E-state index is 12.9. The van der Waals surface area contributed by atoms with Gasteiger partial charge in [0.15, 0.2) is 5.82 Å². The van der Waals surface area contributed by atoms with Gasteiger partial charge in [0.05, 0.1) is 42.9 Å². The number of rotatable bonds is 4. The summed E-state index contributed by atoms with van der Waals surface area (Å²) >= 11 is 0. The van der Waals surface area contributed by atoms with Gasteiger partial charge in [-0.3, -0.25) is 9.20 Å². The van der Waals surface area contributed by atoms with Gasteiger partial charge in [0.2, 0.25) is 5.65 Å². The molecule has 2 bridgehead atoms. The highest BCUT2D eigenvalue weighted by atomic mass is 16.5. The second-order valence-corrected chi connectivity index (χ2v) is 8.40. The van der Waals surface area contributed by atoms with Gasteiger partial charge in [0.1, 0.15) is 5.69 Å². The van der Waals surface area contributed by atoms with Crippen molar-refractivity contribution in [2.24, 2.45) is 0 Å². The number of hydrogen-bond acceptors (Lipinski definition) is 6. The summed E-state index contributed by atoms with van der Waals surface area (Å²) in [5.41, 5.74) is 2.79. The number of imidazole rings is 1. The second kappa shape index (κ2) is 5.79. The van der Waals surface area contributed by atoms with E-state index < -0.39 is 0 Å². The van der Waals surface area contributed by atoms with Gasteiger partial charge in [-0.1, -0.05) is 6.07 Å². The van der Waals surface area contributed by atoms with E-state index in [9.17, 15) is 4.79 Å². The predicted octanol–water partition coefficient (Wildman–Crippen LogP) is 2.46. The number of carbonyl (C=O) groups excluding carboxylic acids is 1. The third-order valence-electron chi connectivity index (χ3n) is 6.16. The third kappa shape index (κ3) is 2.38. The van der Waals surface area contributed by atoms with Crippen LogP contribution in [0, 0.1) is 0 Å². The molecule has 0 spiro atoms. The molecule has 4 aromatic rings. The number of nitrogens with zero attached hydrogens (tertiary/aromatic N) is 5. The maximum Gasteiger partial charge on any atom is 0.275 e. The highest BCUT2D eigenvalue weighted by molar-refractivity contribution is 6.03. The first-order valence-electron chi connectivity index (χ1n) is 9.81. The molecular formula is C21H20N6O3. The molecule has 0 radical (unpaired) electrons. The Labute approximate surface area is 171 Å². The average molecular weight is 404 g/mol. The van der Waals surface area contributed by atoms with E-state index in [1.54, 1.807) is 30.1 Å². The molecule has 9 heteroatoms. The van der Waals surface area contributed by atoms with Gasteiger partial charge >= 0.3 is 0 Å². The van der Waals surface area contributed by atoms with E-state index in [1.807, 2.05) is 28.8 Å². The molecule has 2 aliphatic heterocycles. The first-order chi connectivity index (χ1) is 14.5. The van der Waals surface area contributed by atoms with E-state index in [0.29, 0.717) is 29.6 Å². The van der Waals surface area contributed by atoms with Gasteiger partial charge in [-0.15, -0.1) is 0 Å². The van der Waals surface area contributed by atoms with E-state index in [-0.39, 0.29) is 16.9 Å². The van der Waals surface area contributed by atoms with Gasteiger partial charge in [-0.25, -0.2) is 9.50 Å². The van der Waals surface area contributed by atoms with Gasteiger partial charge in [-0.2, -0.15) is 10.1 Å². The normalized spacial score (nSPS) is 24.9. The Morgan fingerprint density at radius 3 is 2.87 bits per heavy atom. The van der Waals surface area contributed by atoms with Gasteiger partial charge < -0.3 is 14.8 Å². The van der Waals surface area contributed by atoms with Gasteiger partial charge in [0.25, 0.3) is 11.8 Å². The molecule has 7 rings (SSSR count). The Morgan fingerprint density at radius 2 is 2.10 bits per heavy atom. The molecule has 1 N–H and O–H groups in total. The first-order valence-corrected chi connectivity index (χ1v) is 9.81. The zero-order valence-electron chi connectivity index (χ0n) is 16.6. The highest BCUT2D eigenvalue weighted by Gasteiger charge is 2.61. The van der Waals surface area contributed by atoms with Gasteiger partial charge in [-0.05, 0) is 38.0 Å². The van der Waals surface area contributed by atoms with Crippen LogP contribution in [0.25, 0.3) is 11.2 Å². The molecule has 30 heavy (non-hydrogen) atoms.